The first-order valence-corrected chi connectivity index (χ1v) is 11.5. The standard InChI is InChI=1S/C20H37OS/c1-15-14-20(16(2)13-19(15)21)22(17-9-5-3-6-10-17)18-11-7-4-8-12-18/h15-21H,3-14H2,1-2H3/q+1. The van der Waals surface area contributed by atoms with Crippen LogP contribution < -0.4 is 0 Å². The molecule has 0 aromatic carbocycles. The molecule has 0 bridgehead atoms. The van der Waals surface area contributed by atoms with E-state index in [0.29, 0.717) is 16.8 Å². The summed E-state index contributed by atoms with van der Waals surface area (Å²) >= 11 is 0. The van der Waals surface area contributed by atoms with Crippen LogP contribution in [0.2, 0.25) is 0 Å². The maximum absolute atomic E-state index is 10.3. The van der Waals surface area contributed by atoms with E-state index in [1.54, 1.807) is 0 Å². The van der Waals surface area contributed by atoms with E-state index in [1.807, 2.05) is 0 Å². The molecule has 3 rings (SSSR count). The van der Waals surface area contributed by atoms with E-state index in [9.17, 15) is 5.11 Å². The van der Waals surface area contributed by atoms with Gasteiger partial charge in [-0.2, -0.15) is 0 Å². The van der Waals surface area contributed by atoms with Gasteiger partial charge in [0.25, 0.3) is 0 Å². The molecule has 128 valence electrons. The van der Waals surface area contributed by atoms with Crippen LogP contribution in [0.15, 0.2) is 0 Å². The van der Waals surface area contributed by atoms with E-state index in [1.165, 1.54) is 70.6 Å². The Morgan fingerprint density at radius 3 is 1.68 bits per heavy atom. The second kappa shape index (κ2) is 7.92. The van der Waals surface area contributed by atoms with Crippen LogP contribution >= 0.6 is 0 Å². The predicted molar refractivity (Wildman–Crippen MR) is 98.5 cm³/mol. The minimum absolute atomic E-state index is 0.0330. The Morgan fingerprint density at radius 1 is 0.682 bits per heavy atom. The fourth-order valence-corrected chi connectivity index (χ4v) is 9.80. The van der Waals surface area contributed by atoms with Crippen LogP contribution in [0, 0.1) is 11.8 Å². The van der Waals surface area contributed by atoms with Crippen LogP contribution in [0.5, 0.6) is 0 Å². The molecular weight excluding hydrogens is 288 g/mol. The summed E-state index contributed by atoms with van der Waals surface area (Å²) < 4.78 is 0. The molecule has 2 heteroatoms. The highest BCUT2D eigenvalue weighted by atomic mass is 32.2. The lowest BCUT2D eigenvalue weighted by atomic mass is 9.81. The predicted octanol–water partition coefficient (Wildman–Crippen LogP) is 5.07. The van der Waals surface area contributed by atoms with E-state index in [2.05, 4.69) is 13.8 Å². The normalized spacial score (nSPS) is 39.3. The van der Waals surface area contributed by atoms with Gasteiger partial charge in [-0.3, -0.25) is 0 Å². The van der Waals surface area contributed by atoms with Gasteiger partial charge in [0, 0.05) is 12.3 Å². The molecule has 0 amide bonds. The SMILES string of the molecule is CC1CC([S+](C2CCCCC2)C2CCCCC2)C(C)CC1O. The van der Waals surface area contributed by atoms with E-state index in [-0.39, 0.29) is 6.10 Å². The number of rotatable bonds is 3. The van der Waals surface area contributed by atoms with Crippen LogP contribution in [0.1, 0.15) is 90.9 Å². The van der Waals surface area contributed by atoms with E-state index >= 15 is 0 Å². The van der Waals surface area contributed by atoms with Crippen molar-refractivity contribution < 1.29 is 5.11 Å². The van der Waals surface area contributed by atoms with Crippen LogP contribution in [0.3, 0.4) is 0 Å². The van der Waals surface area contributed by atoms with E-state index in [4.69, 9.17) is 0 Å². The molecular formula is C20H37OS+. The average Bonchev–Trinajstić information content (AvgIpc) is 2.55. The van der Waals surface area contributed by atoms with E-state index < -0.39 is 0 Å². The summed E-state index contributed by atoms with van der Waals surface area (Å²) in [7, 11) is 0.639. The van der Waals surface area contributed by atoms with Crippen molar-refractivity contribution in [3.63, 3.8) is 0 Å². The zero-order valence-corrected chi connectivity index (χ0v) is 15.6. The molecule has 4 unspecified atom stereocenters. The van der Waals surface area contributed by atoms with Gasteiger partial charge in [0.05, 0.1) is 6.10 Å². The van der Waals surface area contributed by atoms with Crippen molar-refractivity contribution in [2.75, 3.05) is 0 Å². The molecule has 4 atom stereocenters. The van der Waals surface area contributed by atoms with Crippen molar-refractivity contribution in [1.82, 2.24) is 0 Å². The van der Waals surface area contributed by atoms with Crippen LogP contribution in [0.25, 0.3) is 0 Å². The van der Waals surface area contributed by atoms with Gasteiger partial charge in [-0.1, -0.05) is 26.7 Å². The maximum Gasteiger partial charge on any atom is 0.121 e. The highest BCUT2D eigenvalue weighted by molar-refractivity contribution is 7.98. The van der Waals surface area contributed by atoms with Gasteiger partial charge < -0.3 is 5.11 Å². The first-order valence-electron chi connectivity index (χ1n) is 10.1. The van der Waals surface area contributed by atoms with Crippen LogP contribution in [-0.4, -0.2) is 27.0 Å². The first kappa shape index (κ1) is 17.1. The minimum atomic E-state index is -0.0330. The summed E-state index contributed by atoms with van der Waals surface area (Å²) in [6.45, 7) is 4.75. The Kier molecular flexibility index (Phi) is 6.17. The third-order valence-corrected chi connectivity index (χ3v) is 10.6. The summed E-state index contributed by atoms with van der Waals surface area (Å²) in [5.74, 6) is 1.28. The van der Waals surface area contributed by atoms with Crippen molar-refractivity contribution in [3.05, 3.63) is 0 Å². The number of aliphatic hydroxyl groups excluding tert-OH is 1. The van der Waals surface area contributed by atoms with Crippen molar-refractivity contribution in [3.8, 4) is 0 Å². The van der Waals surface area contributed by atoms with E-state index in [0.717, 1.165) is 28.1 Å². The molecule has 0 aromatic heterocycles. The highest BCUT2D eigenvalue weighted by Gasteiger charge is 2.49. The van der Waals surface area contributed by atoms with Gasteiger partial charge in [0.2, 0.25) is 0 Å². The lowest BCUT2D eigenvalue weighted by Crippen LogP contribution is -2.49. The quantitative estimate of drug-likeness (QED) is 0.719. The Balaban J connectivity index is 1.76. The summed E-state index contributed by atoms with van der Waals surface area (Å²) in [4.78, 5) is 0. The van der Waals surface area contributed by atoms with Gasteiger partial charge in [0.15, 0.2) is 0 Å². The summed E-state index contributed by atoms with van der Waals surface area (Å²) in [5.41, 5.74) is 0. The Labute approximate surface area is 141 Å². The van der Waals surface area contributed by atoms with Crippen LogP contribution in [0.4, 0.5) is 0 Å². The molecule has 1 N–H and O–H groups in total. The number of aliphatic hydroxyl groups is 1. The van der Waals surface area contributed by atoms with Crippen molar-refractivity contribution in [2.24, 2.45) is 11.8 Å². The van der Waals surface area contributed by atoms with Gasteiger partial charge in [-0.05, 0) is 74.6 Å². The maximum atomic E-state index is 10.3. The van der Waals surface area contributed by atoms with Gasteiger partial charge in [-0.25, -0.2) is 0 Å². The third-order valence-electron chi connectivity index (χ3n) is 6.73. The third kappa shape index (κ3) is 3.86. The van der Waals surface area contributed by atoms with Gasteiger partial charge in [-0.15, -0.1) is 0 Å². The minimum Gasteiger partial charge on any atom is -0.393 e. The fourth-order valence-electron chi connectivity index (χ4n) is 5.34. The average molecular weight is 326 g/mol. The highest BCUT2D eigenvalue weighted by Crippen LogP contribution is 2.43. The molecule has 0 aromatic rings. The van der Waals surface area contributed by atoms with Crippen molar-refractivity contribution >= 4 is 10.9 Å². The largest absolute Gasteiger partial charge is 0.393 e. The molecule has 0 saturated heterocycles. The molecule has 1 nitrogen and oxygen atoms in total. The number of hydrogen-bond donors (Lipinski definition) is 1. The molecule has 3 fully saturated rings. The van der Waals surface area contributed by atoms with Gasteiger partial charge in [0.1, 0.15) is 15.7 Å². The Bertz CT molecular complexity index is 315. The molecule has 0 heterocycles. The van der Waals surface area contributed by atoms with Gasteiger partial charge >= 0.3 is 0 Å². The lowest BCUT2D eigenvalue weighted by Gasteiger charge is -2.41. The molecule has 3 saturated carbocycles. The smallest absolute Gasteiger partial charge is 0.121 e. The summed E-state index contributed by atoms with van der Waals surface area (Å²) in [6.07, 6.45) is 17.3. The Hall–Kier alpha value is 0.310. The zero-order chi connectivity index (χ0) is 15.5. The van der Waals surface area contributed by atoms with Crippen LogP contribution in [-0.2, 0) is 10.9 Å². The monoisotopic (exact) mass is 325 g/mol. The zero-order valence-electron chi connectivity index (χ0n) is 14.8. The molecule has 3 aliphatic carbocycles. The topological polar surface area (TPSA) is 20.2 Å². The summed E-state index contributed by atoms with van der Waals surface area (Å²) in [6, 6.07) is 0. The fraction of sp³-hybridized carbons (Fsp3) is 1.00. The molecule has 22 heavy (non-hydrogen) atoms. The second-order valence-electron chi connectivity index (χ2n) is 8.46. The first-order chi connectivity index (χ1) is 10.7. The number of hydrogen-bond acceptors (Lipinski definition) is 1. The Morgan fingerprint density at radius 2 is 1.18 bits per heavy atom. The summed E-state index contributed by atoms with van der Waals surface area (Å²) in [5, 5.41) is 13.3. The molecule has 3 aliphatic rings. The molecule has 0 aliphatic heterocycles. The van der Waals surface area contributed by atoms with Crippen molar-refractivity contribution in [2.45, 2.75) is 113 Å². The molecule has 0 spiro atoms. The molecule has 0 radical (unpaired) electrons. The lowest BCUT2D eigenvalue weighted by molar-refractivity contribution is 0.0599. The van der Waals surface area contributed by atoms with Crippen molar-refractivity contribution in [1.29, 1.82) is 0 Å². The second-order valence-corrected chi connectivity index (χ2v) is 11.2.